The van der Waals surface area contributed by atoms with Gasteiger partial charge in [0.05, 0.1) is 6.04 Å². The Morgan fingerprint density at radius 1 is 1.18 bits per heavy atom. The molecule has 1 saturated heterocycles. The predicted octanol–water partition coefficient (Wildman–Crippen LogP) is 2.71. The van der Waals surface area contributed by atoms with Crippen LogP contribution in [0.25, 0.3) is 0 Å². The van der Waals surface area contributed by atoms with E-state index in [-0.39, 0.29) is 11.9 Å². The number of para-hydroxylation sites is 1. The topological polar surface area (TPSA) is 36.4 Å². The van der Waals surface area contributed by atoms with Gasteiger partial charge in [-0.2, -0.15) is 0 Å². The number of benzene rings is 1. The summed E-state index contributed by atoms with van der Waals surface area (Å²) in [6.07, 6.45) is 4.48. The van der Waals surface area contributed by atoms with Gasteiger partial charge in [0.1, 0.15) is 0 Å². The number of carbonyl (C=O) groups excluding carboxylic acids is 1. The molecule has 0 aliphatic carbocycles. The molecule has 3 rings (SSSR count). The maximum absolute atomic E-state index is 12.8. The zero-order chi connectivity index (χ0) is 15.4. The van der Waals surface area contributed by atoms with Gasteiger partial charge in [-0.3, -0.25) is 14.7 Å². The lowest BCUT2D eigenvalue weighted by molar-refractivity contribution is -0.121. The van der Waals surface area contributed by atoms with Crippen LogP contribution in [-0.4, -0.2) is 34.9 Å². The molecule has 0 radical (unpaired) electrons. The van der Waals surface area contributed by atoms with Crippen LogP contribution in [0.15, 0.2) is 54.9 Å². The van der Waals surface area contributed by atoms with E-state index in [1.54, 1.807) is 12.4 Å². The molecule has 1 amide bonds. The third kappa shape index (κ3) is 3.02. The number of hydrogen-bond acceptors (Lipinski definition) is 3. The number of anilines is 1. The zero-order valence-corrected chi connectivity index (χ0v) is 12.9. The lowest BCUT2D eigenvalue weighted by Gasteiger charge is -2.26. The first-order valence-corrected chi connectivity index (χ1v) is 7.79. The molecule has 0 saturated carbocycles. The number of likely N-dealkylation sites (N-methyl/N-ethyl adjacent to an activating group) is 1. The summed E-state index contributed by atoms with van der Waals surface area (Å²) in [6.45, 7) is 4.55. The summed E-state index contributed by atoms with van der Waals surface area (Å²) in [5, 5.41) is 0. The maximum Gasteiger partial charge on any atom is 0.244 e. The third-order valence-corrected chi connectivity index (χ3v) is 4.23. The van der Waals surface area contributed by atoms with Gasteiger partial charge in [-0.05, 0) is 42.8 Å². The van der Waals surface area contributed by atoms with Gasteiger partial charge in [-0.25, -0.2) is 0 Å². The fraction of sp³-hybridized carbons (Fsp3) is 0.333. The summed E-state index contributed by atoms with van der Waals surface area (Å²) in [5.74, 6) is 0.210. The van der Waals surface area contributed by atoms with E-state index >= 15 is 0 Å². The van der Waals surface area contributed by atoms with E-state index in [1.807, 2.05) is 47.4 Å². The summed E-state index contributed by atoms with van der Waals surface area (Å²) in [6, 6.07) is 13.9. The Bertz CT molecular complexity index is 615. The van der Waals surface area contributed by atoms with E-state index in [0.29, 0.717) is 0 Å². The SMILES string of the molecule is CCN(Cc1ccncc1)[C@@H]1CCN(c2ccccc2)C1=O. The number of nitrogens with zero attached hydrogens (tertiary/aromatic N) is 3. The fourth-order valence-electron chi connectivity index (χ4n) is 3.03. The van der Waals surface area contributed by atoms with Gasteiger partial charge in [0.2, 0.25) is 5.91 Å². The highest BCUT2D eigenvalue weighted by Gasteiger charge is 2.35. The van der Waals surface area contributed by atoms with Crippen molar-refractivity contribution in [2.24, 2.45) is 0 Å². The molecule has 4 heteroatoms. The average molecular weight is 295 g/mol. The largest absolute Gasteiger partial charge is 0.311 e. The Labute approximate surface area is 131 Å². The van der Waals surface area contributed by atoms with Crippen LogP contribution in [0.1, 0.15) is 18.9 Å². The van der Waals surface area contributed by atoms with Gasteiger partial charge in [-0.1, -0.05) is 25.1 Å². The Kier molecular flexibility index (Phi) is 4.49. The zero-order valence-electron chi connectivity index (χ0n) is 12.9. The molecule has 0 bridgehead atoms. The molecule has 114 valence electrons. The predicted molar refractivity (Wildman–Crippen MR) is 87.5 cm³/mol. The van der Waals surface area contributed by atoms with Crippen LogP contribution in [0, 0.1) is 0 Å². The average Bonchev–Trinajstić information content (AvgIpc) is 2.96. The van der Waals surface area contributed by atoms with E-state index < -0.39 is 0 Å². The van der Waals surface area contributed by atoms with E-state index in [4.69, 9.17) is 0 Å². The smallest absolute Gasteiger partial charge is 0.244 e. The lowest BCUT2D eigenvalue weighted by atomic mass is 10.1. The Morgan fingerprint density at radius 3 is 2.59 bits per heavy atom. The molecule has 1 aliphatic heterocycles. The number of amides is 1. The minimum absolute atomic E-state index is 0.0293. The molecule has 2 aromatic rings. The molecule has 1 aliphatic rings. The van der Waals surface area contributed by atoms with Gasteiger partial charge >= 0.3 is 0 Å². The molecule has 22 heavy (non-hydrogen) atoms. The second-order valence-electron chi connectivity index (χ2n) is 5.55. The Hall–Kier alpha value is -2.20. The van der Waals surface area contributed by atoms with Crippen LogP contribution >= 0.6 is 0 Å². The molecule has 1 fully saturated rings. The normalized spacial score (nSPS) is 18.2. The van der Waals surface area contributed by atoms with E-state index in [1.165, 1.54) is 5.56 Å². The molecule has 1 atom stereocenters. The summed E-state index contributed by atoms with van der Waals surface area (Å²) < 4.78 is 0. The highest BCUT2D eigenvalue weighted by molar-refractivity contribution is 5.99. The van der Waals surface area contributed by atoms with Crippen molar-refractivity contribution >= 4 is 11.6 Å². The van der Waals surface area contributed by atoms with Crippen molar-refractivity contribution in [1.29, 1.82) is 0 Å². The molecular formula is C18H21N3O. The van der Waals surface area contributed by atoms with Crippen molar-refractivity contribution in [3.63, 3.8) is 0 Å². The van der Waals surface area contributed by atoms with Crippen LogP contribution in [-0.2, 0) is 11.3 Å². The summed E-state index contributed by atoms with van der Waals surface area (Å²) in [4.78, 5) is 21.0. The first kappa shape index (κ1) is 14.7. The molecule has 1 aromatic heterocycles. The first-order chi connectivity index (χ1) is 10.8. The molecule has 1 aromatic carbocycles. The molecule has 0 N–H and O–H groups in total. The number of hydrogen-bond donors (Lipinski definition) is 0. The third-order valence-electron chi connectivity index (χ3n) is 4.23. The number of aromatic nitrogens is 1. The highest BCUT2D eigenvalue weighted by atomic mass is 16.2. The minimum atomic E-state index is -0.0293. The number of carbonyl (C=O) groups is 1. The van der Waals surface area contributed by atoms with Crippen molar-refractivity contribution in [1.82, 2.24) is 9.88 Å². The highest BCUT2D eigenvalue weighted by Crippen LogP contribution is 2.25. The fourth-order valence-corrected chi connectivity index (χ4v) is 3.03. The van der Waals surface area contributed by atoms with Gasteiger partial charge in [0.25, 0.3) is 0 Å². The minimum Gasteiger partial charge on any atom is -0.311 e. The van der Waals surface area contributed by atoms with Gasteiger partial charge in [0, 0.05) is 31.2 Å². The summed E-state index contributed by atoms with van der Waals surface area (Å²) >= 11 is 0. The monoisotopic (exact) mass is 295 g/mol. The second kappa shape index (κ2) is 6.71. The number of rotatable bonds is 5. The van der Waals surface area contributed by atoms with Gasteiger partial charge in [0.15, 0.2) is 0 Å². The second-order valence-corrected chi connectivity index (χ2v) is 5.55. The quantitative estimate of drug-likeness (QED) is 0.851. The van der Waals surface area contributed by atoms with E-state index in [2.05, 4.69) is 16.8 Å². The van der Waals surface area contributed by atoms with Crippen molar-refractivity contribution in [2.45, 2.75) is 25.9 Å². The Morgan fingerprint density at radius 2 is 1.91 bits per heavy atom. The lowest BCUT2D eigenvalue weighted by Crippen LogP contribution is -2.41. The van der Waals surface area contributed by atoms with Crippen molar-refractivity contribution < 1.29 is 4.79 Å². The number of pyridine rings is 1. The van der Waals surface area contributed by atoms with Crippen LogP contribution in [0.3, 0.4) is 0 Å². The molecule has 2 heterocycles. The summed E-state index contributed by atoms with van der Waals surface area (Å²) in [7, 11) is 0. The summed E-state index contributed by atoms with van der Waals surface area (Å²) in [5.41, 5.74) is 2.19. The van der Waals surface area contributed by atoms with Gasteiger partial charge < -0.3 is 4.90 Å². The first-order valence-electron chi connectivity index (χ1n) is 7.79. The van der Waals surface area contributed by atoms with Crippen molar-refractivity contribution in [2.75, 3.05) is 18.0 Å². The van der Waals surface area contributed by atoms with Crippen LogP contribution in [0.5, 0.6) is 0 Å². The van der Waals surface area contributed by atoms with Crippen molar-refractivity contribution in [3.8, 4) is 0 Å². The van der Waals surface area contributed by atoms with Crippen LogP contribution < -0.4 is 4.90 Å². The molecule has 0 unspecified atom stereocenters. The standard InChI is InChI=1S/C18H21N3O/c1-2-20(14-15-8-11-19-12-9-15)17-10-13-21(18(17)22)16-6-4-3-5-7-16/h3-9,11-12,17H,2,10,13-14H2,1H3/t17-/m1/s1. The van der Waals surface area contributed by atoms with Crippen LogP contribution in [0.4, 0.5) is 5.69 Å². The molecule has 0 spiro atoms. The maximum atomic E-state index is 12.8. The van der Waals surface area contributed by atoms with E-state index in [0.717, 1.165) is 31.7 Å². The van der Waals surface area contributed by atoms with Crippen molar-refractivity contribution in [3.05, 3.63) is 60.4 Å². The van der Waals surface area contributed by atoms with Crippen LogP contribution in [0.2, 0.25) is 0 Å². The molecule has 4 nitrogen and oxygen atoms in total. The molecular weight excluding hydrogens is 274 g/mol. The van der Waals surface area contributed by atoms with Gasteiger partial charge in [-0.15, -0.1) is 0 Å². The Balaban J connectivity index is 1.73. The van der Waals surface area contributed by atoms with E-state index in [9.17, 15) is 4.79 Å².